The van der Waals surface area contributed by atoms with E-state index in [1.807, 2.05) is 52.0 Å². The summed E-state index contributed by atoms with van der Waals surface area (Å²) < 4.78 is 0. The molecule has 0 aliphatic heterocycles. The molecule has 0 spiro atoms. The first-order valence-corrected chi connectivity index (χ1v) is 8.67. The first-order valence-electron chi connectivity index (χ1n) is 8.67. The fourth-order valence-corrected chi connectivity index (χ4v) is 2.76. The van der Waals surface area contributed by atoms with E-state index in [0.29, 0.717) is 25.9 Å². The van der Waals surface area contributed by atoms with Crippen molar-refractivity contribution in [2.75, 3.05) is 11.9 Å². The fourth-order valence-electron chi connectivity index (χ4n) is 2.76. The van der Waals surface area contributed by atoms with Crippen molar-refractivity contribution in [3.63, 3.8) is 0 Å². The lowest BCUT2D eigenvalue weighted by atomic mass is 9.81. The summed E-state index contributed by atoms with van der Waals surface area (Å²) >= 11 is 0. The van der Waals surface area contributed by atoms with E-state index in [1.54, 1.807) is 11.8 Å². The summed E-state index contributed by atoms with van der Waals surface area (Å²) in [6.07, 6.45) is 1.43. The summed E-state index contributed by atoms with van der Waals surface area (Å²) in [5.74, 6) is 0.0243. The summed E-state index contributed by atoms with van der Waals surface area (Å²) in [6.45, 7) is 10.5. The van der Waals surface area contributed by atoms with Gasteiger partial charge in [-0.25, -0.2) is 0 Å². The molecule has 0 saturated heterocycles. The van der Waals surface area contributed by atoms with Crippen LogP contribution in [0.3, 0.4) is 0 Å². The molecule has 3 N–H and O–H groups in total. The normalized spacial score (nSPS) is 11.0. The molecule has 2 amide bonds. The smallest absolute Gasteiger partial charge is 0.231 e. The molecule has 5 nitrogen and oxygen atoms in total. The molecule has 0 atom stereocenters. The first-order chi connectivity index (χ1) is 11.3. The van der Waals surface area contributed by atoms with E-state index in [2.05, 4.69) is 5.32 Å². The molecule has 0 aliphatic rings. The molecule has 1 aromatic rings. The van der Waals surface area contributed by atoms with Crippen LogP contribution < -0.4 is 11.1 Å². The molecule has 0 unspecified atom stereocenters. The number of hydrogen-bond acceptors (Lipinski definition) is 3. The van der Waals surface area contributed by atoms with Crippen LogP contribution in [-0.2, 0) is 16.1 Å². The maximum absolute atomic E-state index is 12.5. The van der Waals surface area contributed by atoms with Gasteiger partial charge >= 0.3 is 0 Å². The molecule has 0 saturated carbocycles. The molecule has 25 heavy (non-hydrogen) atoms. The van der Waals surface area contributed by atoms with Crippen molar-refractivity contribution in [3.8, 4) is 0 Å². The summed E-state index contributed by atoms with van der Waals surface area (Å²) in [5.41, 5.74) is 7.10. The molecule has 0 aliphatic carbocycles. The second kappa shape index (κ2) is 10.4. The third-order valence-corrected chi connectivity index (χ3v) is 4.82. The van der Waals surface area contributed by atoms with Crippen molar-refractivity contribution in [3.05, 3.63) is 29.8 Å². The van der Waals surface area contributed by atoms with Crippen molar-refractivity contribution >= 4 is 29.9 Å². The van der Waals surface area contributed by atoms with Gasteiger partial charge in [-0.05, 0) is 44.4 Å². The topological polar surface area (TPSA) is 75.4 Å². The number of nitrogens with zero attached hydrogens (tertiary/aromatic N) is 1. The average Bonchev–Trinajstić information content (AvgIpc) is 2.55. The van der Waals surface area contributed by atoms with Gasteiger partial charge < -0.3 is 16.0 Å². The van der Waals surface area contributed by atoms with Crippen LogP contribution in [0.4, 0.5) is 5.69 Å². The Bertz CT molecular complexity index is 546. The van der Waals surface area contributed by atoms with E-state index >= 15 is 0 Å². The number of nitrogens with one attached hydrogen (secondary N) is 1. The Morgan fingerprint density at radius 3 is 2.04 bits per heavy atom. The van der Waals surface area contributed by atoms with Crippen LogP contribution in [-0.4, -0.2) is 29.3 Å². The number of hydrogen-bond donors (Lipinski definition) is 2. The number of carbonyl (C=O) groups is 2. The highest BCUT2D eigenvalue weighted by Gasteiger charge is 2.33. The Morgan fingerprint density at radius 1 is 1.16 bits per heavy atom. The second-order valence-electron chi connectivity index (χ2n) is 6.58. The van der Waals surface area contributed by atoms with Crippen LogP contribution in [0.1, 0.15) is 53.0 Å². The van der Waals surface area contributed by atoms with Gasteiger partial charge in [0, 0.05) is 31.7 Å². The SMILES string of the molecule is CCC(CC)(CN)C(=O)Nc1ccc(CN(C(C)=O)C(C)C)cc1.Cl. The van der Waals surface area contributed by atoms with Crippen LogP contribution in [0.15, 0.2) is 24.3 Å². The van der Waals surface area contributed by atoms with Gasteiger partial charge in [0.05, 0.1) is 5.41 Å². The van der Waals surface area contributed by atoms with E-state index < -0.39 is 5.41 Å². The van der Waals surface area contributed by atoms with Crippen molar-refractivity contribution in [1.29, 1.82) is 0 Å². The largest absolute Gasteiger partial charge is 0.336 e. The molecule has 0 bridgehead atoms. The highest BCUT2D eigenvalue weighted by Crippen LogP contribution is 2.27. The van der Waals surface area contributed by atoms with Gasteiger partial charge in [-0.3, -0.25) is 9.59 Å². The number of benzene rings is 1. The standard InChI is InChI=1S/C19H31N3O2.ClH/c1-6-19(7-2,13-20)18(24)21-17-10-8-16(9-11-17)12-22(14(3)4)15(5)23;/h8-11,14H,6-7,12-13,20H2,1-5H3,(H,21,24);1H. The molecular weight excluding hydrogens is 338 g/mol. The minimum Gasteiger partial charge on any atom is -0.336 e. The molecule has 0 heterocycles. The van der Waals surface area contributed by atoms with Gasteiger partial charge in [-0.2, -0.15) is 0 Å². The molecule has 1 aromatic carbocycles. The number of carbonyl (C=O) groups excluding carboxylic acids is 2. The molecule has 0 fully saturated rings. The quantitative estimate of drug-likeness (QED) is 0.735. The van der Waals surface area contributed by atoms with E-state index in [0.717, 1.165) is 11.3 Å². The summed E-state index contributed by atoms with van der Waals surface area (Å²) in [7, 11) is 0. The van der Waals surface area contributed by atoms with Crippen LogP contribution >= 0.6 is 12.4 Å². The van der Waals surface area contributed by atoms with Gasteiger partial charge in [-0.15, -0.1) is 12.4 Å². The van der Waals surface area contributed by atoms with E-state index in [4.69, 9.17) is 5.73 Å². The van der Waals surface area contributed by atoms with Crippen molar-refractivity contribution < 1.29 is 9.59 Å². The monoisotopic (exact) mass is 369 g/mol. The Balaban J connectivity index is 0.00000576. The second-order valence-corrected chi connectivity index (χ2v) is 6.58. The number of anilines is 1. The van der Waals surface area contributed by atoms with Crippen molar-refractivity contribution in [2.24, 2.45) is 11.1 Å². The van der Waals surface area contributed by atoms with Crippen LogP contribution in [0.5, 0.6) is 0 Å². The van der Waals surface area contributed by atoms with Gasteiger partial charge in [0.25, 0.3) is 0 Å². The van der Waals surface area contributed by atoms with Gasteiger partial charge in [-0.1, -0.05) is 26.0 Å². The maximum Gasteiger partial charge on any atom is 0.231 e. The number of nitrogens with two attached hydrogens (primary N) is 1. The zero-order chi connectivity index (χ0) is 18.3. The van der Waals surface area contributed by atoms with Crippen molar-refractivity contribution in [1.82, 2.24) is 4.90 Å². The Morgan fingerprint density at radius 2 is 1.68 bits per heavy atom. The molecule has 0 aromatic heterocycles. The molecule has 0 radical (unpaired) electrons. The van der Waals surface area contributed by atoms with Crippen LogP contribution in [0, 0.1) is 5.41 Å². The van der Waals surface area contributed by atoms with Crippen LogP contribution in [0.25, 0.3) is 0 Å². The zero-order valence-corrected chi connectivity index (χ0v) is 16.8. The molecule has 6 heteroatoms. The van der Waals surface area contributed by atoms with Gasteiger partial charge in [0.1, 0.15) is 0 Å². The minimum atomic E-state index is -0.512. The third-order valence-electron chi connectivity index (χ3n) is 4.82. The number of rotatable bonds is 8. The van der Waals surface area contributed by atoms with Crippen LogP contribution in [0.2, 0.25) is 0 Å². The fraction of sp³-hybridized carbons (Fsp3) is 0.579. The lowest BCUT2D eigenvalue weighted by Gasteiger charge is -2.28. The average molecular weight is 370 g/mol. The summed E-state index contributed by atoms with van der Waals surface area (Å²) in [6, 6.07) is 7.78. The highest BCUT2D eigenvalue weighted by atomic mass is 35.5. The third kappa shape index (κ3) is 6.01. The van der Waals surface area contributed by atoms with E-state index in [-0.39, 0.29) is 30.3 Å². The molecule has 142 valence electrons. The summed E-state index contributed by atoms with van der Waals surface area (Å²) in [4.78, 5) is 26.0. The van der Waals surface area contributed by atoms with Gasteiger partial charge in [0.2, 0.25) is 11.8 Å². The Kier molecular flexibility index (Phi) is 9.75. The van der Waals surface area contributed by atoms with Crippen molar-refractivity contribution in [2.45, 2.75) is 60.0 Å². The lowest BCUT2D eigenvalue weighted by Crippen LogP contribution is -2.41. The number of amides is 2. The Hall–Kier alpha value is -1.59. The zero-order valence-electron chi connectivity index (χ0n) is 16.0. The molecule has 1 rings (SSSR count). The summed E-state index contributed by atoms with van der Waals surface area (Å²) in [5, 5.41) is 2.96. The predicted octanol–water partition coefficient (Wildman–Crippen LogP) is 3.57. The highest BCUT2D eigenvalue weighted by molar-refractivity contribution is 5.95. The Labute approximate surface area is 157 Å². The molecular formula is C19H32ClN3O2. The number of halogens is 1. The lowest BCUT2D eigenvalue weighted by molar-refractivity contribution is -0.131. The first kappa shape index (κ1) is 23.4. The van der Waals surface area contributed by atoms with E-state index in [9.17, 15) is 9.59 Å². The van der Waals surface area contributed by atoms with E-state index in [1.165, 1.54) is 0 Å². The minimum absolute atomic E-state index is 0. The van der Waals surface area contributed by atoms with Gasteiger partial charge in [0.15, 0.2) is 0 Å². The predicted molar refractivity (Wildman–Crippen MR) is 106 cm³/mol. The maximum atomic E-state index is 12.5.